The van der Waals surface area contributed by atoms with Crippen molar-refractivity contribution in [2.45, 2.75) is 26.7 Å². The topological polar surface area (TPSA) is 70.6 Å². The molecule has 1 aliphatic rings. The monoisotopic (exact) mass is 273 g/mol. The molecule has 0 radical (unpaired) electrons. The zero-order valence-electron chi connectivity index (χ0n) is 11.8. The Morgan fingerprint density at radius 3 is 2.60 bits per heavy atom. The number of rotatable bonds is 5. The molecule has 1 unspecified atom stereocenters. The Morgan fingerprint density at radius 2 is 2.00 bits per heavy atom. The first-order chi connectivity index (χ1) is 9.56. The predicted octanol–water partition coefficient (Wildman–Crippen LogP) is 1.17. The maximum atomic E-state index is 11.8. The molecule has 0 saturated heterocycles. The zero-order chi connectivity index (χ0) is 14.5. The van der Waals surface area contributed by atoms with Crippen molar-refractivity contribution in [3.05, 3.63) is 35.4 Å². The van der Waals surface area contributed by atoms with E-state index in [1.54, 1.807) is 0 Å². The van der Waals surface area contributed by atoms with Gasteiger partial charge in [-0.2, -0.15) is 5.10 Å². The van der Waals surface area contributed by atoms with Gasteiger partial charge in [-0.25, -0.2) is 5.43 Å². The molecule has 2 N–H and O–H groups in total. The number of benzene rings is 1. The molecule has 1 aromatic rings. The second kappa shape index (κ2) is 6.32. The molecule has 0 bridgehead atoms. The first kappa shape index (κ1) is 14.2. The van der Waals surface area contributed by atoms with Crippen LogP contribution in [-0.4, -0.2) is 24.1 Å². The fraction of sp³-hybridized carbons (Fsp3) is 0.400. The molecule has 1 aromatic carbocycles. The molecule has 0 aliphatic carbocycles. The van der Waals surface area contributed by atoms with E-state index in [0.29, 0.717) is 19.4 Å². The molecule has 1 aliphatic heterocycles. The Labute approximate surface area is 118 Å². The minimum atomic E-state index is -0.213. The number of nitrogens with zero attached hydrogens (tertiary/aromatic N) is 1. The van der Waals surface area contributed by atoms with Gasteiger partial charge < -0.3 is 5.32 Å². The van der Waals surface area contributed by atoms with Gasteiger partial charge in [0.05, 0.1) is 12.3 Å². The molecule has 106 valence electrons. The number of amides is 2. The van der Waals surface area contributed by atoms with E-state index in [0.717, 1.165) is 11.3 Å². The molecule has 20 heavy (non-hydrogen) atoms. The van der Waals surface area contributed by atoms with Crippen LogP contribution in [0.3, 0.4) is 0 Å². The van der Waals surface area contributed by atoms with Gasteiger partial charge in [0, 0.05) is 12.3 Å². The molecule has 2 amide bonds. The number of hydrogen-bond donors (Lipinski definition) is 2. The van der Waals surface area contributed by atoms with Crippen molar-refractivity contribution in [3.8, 4) is 0 Å². The lowest BCUT2D eigenvalue weighted by Crippen LogP contribution is -2.31. The first-order valence-electron chi connectivity index (χ1n) is 6.72. The number of nitrogens with one attached hydrogen (secondary N) is 2. The summed E-state index contributed by atoms with van der Waals surface area (Å²) in [6.07, 6.45) is 0.949. The normalized spacial score (nSPS) is 17.6. The van der Waals surface area contributed by atoms with Crippen molar-refractivity contribution in [2.75, 3.05) is 6.54 Å². The van der Waals surface area contributed by atoms with E-state index in [9.17, 15) is 9.59 Å². The van der Waals surface area contributed by atoms with Gasteiger partial charge >= 0.3 is 0 Å². The molecular weight excluding hydrogens is 254 g/mol. The quantitative estimate of drug-likeness (QED) is 0.845. The molecule has 1 heterocycles. The van der Waals surface area contributed by atoms with Gasteiger partial charge in [0.2, 0.25) is 11.8 Å². The third kappa shape index (κ3) is 3.66. The van der Waals surface area contributed by atoms with Gasteiger partial charge in [-0.15, -0.1) is 0 Å². The van der Waals surface area contributed by atoms with Crippen LogP contribution in [0.4, 0.5) is 0 Å². The molecule has 5 heteroatoms. The summed E-state index contributed by atoms with van der Waals surface area (Å²) in [6.45, 7) is 4.31. The SMILES string of the molecule is CC1=NNC(=O)C1CCNC(=O)Cc1ccc(C)cc1. The minimum absolute atomic E-state index is 0.0261. The molecule has 5 nitrogen and oxygen atoms in total. The smallest absolute Gasteiger partial charge is 0.248 e. The van der Waals surface area contributed by atoms with Crippen LogP contribution in [0.15, 0.2) is 29.4 Å². The molecule has 0 spiro atoms. The van der Waals surface area contributed by atoms with Gasteiger partial charge in [0.25, 0.3) is 0 Å². The summed E-state index contributed by atoms with van der Waals surface area (Å²) in [7, 11) is 0. The van der Waals surface area contributed by atoms with Crippen molar-refractivity contribution < 1.29 is 9.59 Å². The fourth-order valence-corrected chi connectivity index (χ4v) is 2.14. The number of hydrogen-bond acceptors (Lipinski definition) is 3. The summed E-state index contributed by atoms with van der Waals surface area (Å²) in [5.74, 6) is -0.327. The minimum Gasteiger partial charge on any atom is -0.356 e. The highest BCUT2D eigenvalue weighted by Gasteiger charge is 2.26. The summed E-state index contributed by atoms with van der Waals surface area (Å²) >= 11 is 0. The van der Waals surface area contributed by atoms with E-state index in [4.69, 9.17) is 0 Å². The summed E-state index contributed by atoms with van der Waals surface area (Å²) in [5, 5.41) is 6.72. The van der Waals surface area contributed by atoms with Crippen LogP contribution in [0.25, 0.3) is 0 Å². The molecule has 0 fully saturated rings. The van der Waals surface area contributed by atoms with E-state index < -0.39 is 0 Å². The van der Waals surface area contributed by atoms with Crippen LogP contribution in [0, 0.1) is 12.8 Å². The van der Waals surface area contributed by atoms with Gasteiger partial charge in [-0.05, 0) is 25.8 Å². The summed E-state index contributed by atoms with van der Waals surface area (Å²) in [5.41, 5.74) is 5.39. The zero-order valence-corrected chi connectivity index (χ0v) is 11.8. The third-order valence-electron chi connectivity index (χ3n) is 3.40. The van der Waals surface area contributed by atoms with Crippen LogP contribution < -0.4 is 10.7 Å². The maximum absolute atomic E-state index is 11.8. The molecule has 0 aromatic heterocycles. The lowest BCUT2D eigenvalue weighted by Gasteiger charge is -2.09. The summed E-state index contributed by atoms with van der Waals surface area (Å²) < 4.78 is 0. The number of aryl methyl sites for hydroxylation is 1. The molecule has 0 saturated carbocycles. The second-order valence-corrected chi connectivity index (χ2v) is 5.08. The Bertz CT molecular complexity index is 535. The fourth-order valence-electron chi connectivity index (χ4n) is 2.14. The highest BCUT2D eigenvalue weighted by molar-refractivity contribution is 6.06. The van der Waals surface area contributed by atoms with Crippen LogP contribution >= 0.6 is 0 Å². The Balaban J connectivity index is 1.74. The van der Waals surface area contributed by atoms with Crippen molar-refractivity contribution in [3.63, 3.8) is 0 Å². The highest BCUT2D eigenvalue weighted by atomic mass is 16.2. The van der Waals surface area contributed by atoms with E-state index >= 15 is 0 Å². The van der Waals surface area contributed by atoms with Gasteiger partial charge in [-0.3, -0.25) is 9.59 Å². The van der Waals surface area contributed by atoms with E-state index in [2.05, 4.69) is 15.8 Å². The van der Waals surface area contributed by atoms with Crippen LogP contribution in [0.5, 0.6) is 0 Å². The number of carbonyl (C=O) groups is 2. The average Bonchev–Trinajstić information content (AvgIpc) is 2.73. The van der Waals surface area contributed by atoms with Crippen molar-refractivity contribution in [2.24, 2.45) is 11.0 Å². The highest BCUT2D eigenvalue weighted by Crippen LogP contribution is 2.10. The van der Waals surface area contributed by atoms with E-state index in [1.165, 1.54) is 5.56 Å². The Hall–Kier alpha value is -2.17. The van der Waals surface area contributed by atoms with E-state index in [1.807, 2.05) is 38.1 Å². The standard InChI is InChI=1S/C15H19N3O2/c1-10-3-5-12(6-4-10)9-14(19)16-8-7-13-11(2)17-18-15(13)20/h3-6,13H,7-9H2,1-2H3,(H,16,19)(H,18,20). The van der Waals surface area contributed by atoms with Crippen LogP contribution in [0.2, 0.25) is 0 Å². The molecule has 2 rings (SSSR count). The van der Waals surface area contributed by atoms with Crippen LogP contribution in [-0.2, 0) is 16.0 Å². The third-order valence-corrected chi connectivity index (χ3v) is 3.40. The summed E-state index contributed by atoms with van der Waals surface area (Å²) in [6, 6.07) is 7.89. The largest absolute Gasteiger partial charge is 0.356 e. The van der Waals surface area contributed by atoms with Crippen molar-refractivity contribution in [1.29, 1.82) is 0 Å². The van der Waals surface area contributed by atoms with Gasteiger partial charge in [0.15, 0.2) is 0 Å². The average molecular weight is 273 g/mol. The van der Waals surface area contributed by atoms with E-state index in [-0.39, 0.29) is 17.7 Å². The van der Waals surface area contributed by atoms with Gasteiger partial charge in [-0.1, -0.05) is 29.8 Å². The predicted molar refractivity (Wildman–Crippen MR) is 77.3 cm³/mol. The summed E-state index contributed by atoms with van der Waals surface area (Å²) in [4.78, 5) is 23.2. The van der Waals surface area contributed by atoms with Crippen molar-refractivity contribution >= 4 is 17.5 Å². The first-order valence-corrected chi connectivity index (χ1v) is 6.72. The van der Waals surface area contributed by atoms with Crippen molar-refractivity contribution in [1.82, 2.24) is 10.7 Å². The molecule has 1 atom stereocenters. The Kier molecular flexibility index (Phi) is 4.50. The second-order valence-electron chi connectivity index (χ2n) is 5.08. The maximum Gasteiger partial charge on any atom is 0.248 e. The lowest BCUT2D eigenvalue weighted by atomic mass is 10.0. The number of hydrazone groups is 1. The Morgan fingerprint density at radius 1 is 1.30 bits per heavy atom. The lowest BCUT2D eigenvalue weighted by molar-refractivity contribution is -0.123. The van der Waals surface area contributed by atoms with Crippen LogP contribution in [0.1, 0.15) is 24.5 Å². The number of carbonyl (C=O) groups excluding carboxylic acids is 2. The van der Waals surface area contributed by atoms with Gasteiger partial charge in [0.1, 0.15) is 0 Å². The molecular formula is C15H19N3O2.